The minimum absolute atomic E-state index is 0.135. The van der Waals surface area contributed by atoms with Crippen LogP contribution < -0.4 is 11.1 Å². The summed E-state index contributed by atoms with van der Waals surface area (Å²) in [7, 11) is 0. The maximum Gasteiger partial charge on any atom is 0.241 e. The Morgan fingerprint density at radius 2 is 2.19 bits per heavy atom. The van der Waals surface area contributed by atoms with Crippen LogP contribution in [0.2, 0.25) is 0 Å². The summed E-state index contributed by atoms with van der Waals surface area (Å²) < 4.78 is 1.85. The van der Waals surface area contributed by atoms with E-state index in [1.54, 1.807) is 18.0 Å². The van der Waals surface area contributed by atoms with Crippen molar-refractivity contribution >= 4 is 23.4 Å². The summed E-state index contributed by atoms with van der Waals surface area (Å²) in [5, 5.41) is 7.00. The molecule has 1 aromatic carbocycles. The molecule has 1 aromatic heterocycles. The van der Waals surface area contributed by atoms with Crippen molar-refractivity contribution in [1.29, 1.82) is 0 Å². The molecule has 0 bridgehead atoms. The van der Waals surface area contributed by atoms with E-state index in [4.69, 9.17) is 5.73 Å². The van der Waals surface area contributed by atoms with E-state index in [2.05, 4.69) is 10.4 Å². The molecule has 0 radical (unpaired) electrons. The van der Waals surface area contributed by atoms with Crippen LogP contribution in [0.4, 0.5) is 5.69 Å². The number of benzene rings is 1. The molecule has 0 spiro atoms. The number of hydrogen-bond acceptors (Lipinski definition) is 4. The lowest BCUT2D eigenvalue weighted by atomic mass is 10.2. The van der Waals surface area contributed by atoms with Gasteiger partial charge in [-0.15, -0.1) is 0 Å². The number of rotatable bonds is 7. The summed E-state index contributed by atoms with van der Waals surface area (Å²) in [6.07, 6.45) is 6.36. The minimum atomic E-state index is -0.457. The Hall–Kier alpha value is -1.79. The molecule has 0 saturated heterocycles. The number of amides is 1. The zero-order valence-electron chi connectivity index (χ0n) is 12.0. The molecule has 1 atom stereocenters. The fraction of sp³-hybridized carbons (Fsp3) is 0.333. The summed E-state index contributed by atoms with van der Waals surface area (Å²) in [6.45, 7) is 0.717. The van der Waals surface area contributed by atoms with Gasteiger partial charge in [0.25, 0.3) is 0 Å². The number of carbonyl (C=O) groups excluding carboxylic acids is 1. The molecule has 0 aliphatic heterocycles. The largest absolute Gasteiger partial charge is 0.325 e. The van der Waals surface area contributed by atoms with E-state index in [1.165, 1.54) is 0 Å². The number of nitrogens with one attached hydrogen (secondary N) is 1. The highest BCUT2D eigenvalue weighted by Crippen LogP contribution is 2.11. The lowest BCUT2D eigenvalue weighted by Gasteiger charge is -2.12. The molecule has 21 heavy (non-hydrogen) atoms. The normalized spacial score (nSPS) is 12.1. The molecule has 112 valence electrons. The molecule has 1 heterocycles. The Kier molecular flexibility index (Phi) is 5.83. The van der Waals surface area contributed by atoms with Crippen molar-refractivity contribution in [2.75, 3.05) is 17.3 Å². The standard InChI is InChI=1S/C15H20N4OS/c1-21-10-7-14(16)15(20)18-13-5-3-12(4-6-13)11-19-9-2-8-17-19/h2-6,8-9,14H,7,10-11,16H2,1H3,(H,18,20)/t14-/m1/s1. The minimum Gasteiger partial charge on any atom is -0.325 e. The third kappa shape index (κ3) is 4.91. The van der Waals surface area contributed by atoms with Crippen molar-refractivity contribution in [2.45, 2.75) is 19.0 Å². The first-order valence-electron chi connectivity index (χ1n) is 6.81. The summed E-state index contributed by atoms with van der Waals surface area (Å²) >= 11 is 1.69. The van der Waals surface area contributed by atoms with Crippen LogP contribution in [0.3, 0.4) is 0 Å². The van der Waals surface area contributed by atoms with E-state index in [-0.39, 0.29) is 5.91 Å². The van der Waals surface area contributed by atoms with Crippen LogP contribution in [-0.4, -0.2) is 33.7 Å². The van der Waals surface area contributed by atoms with Crippen molar-refractivity contribution in [3.05, 3.63) is 48.3 Å². The van der Waals surface area contributed by atoms with Crippen LogP contribution in [0.15, 0.2) is 42.7 Å². The maximum atomic E-state index is 11.9. The van der Waals surface area contributed by atoms with Gasteiger partial charge < -0.3 is 11.1 Å². The van der Waals surface area contributed by atoms with E-state index >= 15 is 0 Å². The van der Waals surface area contributed by atoms with E-state index in [9.17, 15) is 4.79 Å². The van der Waals surface area contributed by atoms with Crippen LogP contribution in [0.25, 0.3) is 0 Å². The third-order valence-electron chi connectivity index (χ3n) is 3.09. The van der Waals surface area contributed by atoms with E-state index < -0.39 is 6.04 Å². The van der Waals surface area contributed by atoms with Gasteiger partial charge in [0.15, 0.2) is 0 Å². The first-order chi connectivity index (χ1) is 10.2. The zero-order valence-corrected chi connectivity index (χ0v) is 12.8. The highest BCUT2D eigenvalue weighted by molar-refractivity contribution is 7.98. The van der Waals surface area contributed by atoms with Gasteiger partial charge in [0, 0.05) is 18.1 Å². The maximum absolute atomic E-state index is 11.9. The summed E-state index contributed by atoms with van der Waals surface area (Å²) in [5.74, 6) is 0.751. The summed E-state index contributed by atoms with van der Waals surface area (Å²) in [4.78, 5) is 11.9. The fourth-order valence-corrected chi connectivity index (χ4v) is 2.38. The van der Waals surface area contributed by atoms with E-state index in [0.717, 1.165) is 17.0 Å². The van der Waals surface area contributed by atoms with Gasteiger partial charge in [0.2, 0.25) is 5.91 Å². The van der Waals surface area contributed by atoms with Crippen molar-refractivity contribution in [2.24, 2.45) is 5.73 Å². The van der Waals surface area contributed by atoms with Gasteiger partial charge in [0.1, 0.15) is 0 Å². The van der Waals surface area contributed by atoms with Crippen molar-refractivity contribution in [1.82, 2.24) is 9.78 Å². The predicted molar refractivity (Wildman–Crippen MR) is 87.4 cm³/mol. The number of aromatic nitrogens is 2. The Bertz CT molecular complexity index is 554. The van der Waals surface area contributed by atoms with E-state index in [1.807, 2.05) is 47.5 Å². The molecule has 6 heteroatoms. The SMILES string of the molecule is CSCC[C@@H](N)C(=O)Nc1ccc(Cn2cccn2)cc1. The molecule has 5 nitrogen and oxygen atoms in total. The number of thioether (sulfide) groups is 1. The van der Waals surface area contributed by atoms with Crippen molar-refractivity contribution < 1.29 is 4.79 Å². The first kappa shape index (κ1) is 15.6. The lowest BCUT2D eigenvalue weighted by Crippen LogP contribution is -2.36. The monoisotopic (exact) mass is 304 g/mol. The van der Waals surface area contributed by atoms with Gasteiger partial charge in [-0.25, -0.2) is 0 Å². The summed E-state index contributed by atoms with van der Waals surface area (Å²) in [6, 6.07) is 9.16. The second-order valence-corrected chi connectivity index (χ2v) is 5.76. The second kappa shape index (κ2) is 7.85. The van der Waals surface area contributed by atoms with Gasteiger partial charge in [-0.2, -0.15) is 16.9 Å². The smallest absolute Gasteiger partial charge is 0.241 e. The number of carbonyl (C=O) groups is 1. The first-order valence-corrected chi connectivity index (χ1v) is 8.20. The lowest BCUT2D eigenvalue weighted by molar-refractivity contribution is -0.117. The van der Waals surface area contributed by atoms with Crippen molar-refractivity contribution in [3.63, 3.8) is 0 Å². The predicted octanol–water partition coefficient (Wildman–Crippen LogP) is 1.95. The molecule has 2 aromatic rings. The van der Waals surface area contributed by atoms with Crippen molar-refractivity contribution in [3.8, 4) is 0 Å². The van der Waals surface area contributed by atoms with Gasteiger partial charge in [-0.1, -0.05) is 12.1 Å². The number of hydrogen-bond donors (Lipinski definition) is 2. The van der Waals surface area contributed by atoms with Gasteiger partial charge in [0.05, 0.1) is 12.6 Å². The van der Waals surface area contributed by atoms with Crippen LogP contribution in [0.5, 0.6) is 0 Å². The molecule has 2 rings (SSSR count). The number of nitrogens with zero attached hydrogens (tertiary/aromatic N) is 2. The van der Waals surface area contributed by atoms with Crippen LogP contribution in [-0.2, 0) is 11.3 Å². The average molecular weight is 304 g/mol. The fourth-order valence-electron chi connectivity index (χ4n) is 1.89. The second-order valence-electron chi connectivity index (χ2n) is 4.78. The highest BCUT2D eigenvalue weighted by atomic mass is 32.2. The molecule has 0 saturated carbocycles. The molecule has 0 aliphatic rings. The van der Waals surface area contributed by atoms with Crippen LogP contribution in [0.1, 0.15) is 12.0 Å². The molecular weight excluding hydrogens is 284 g/mol. The van der Waals surface area contributed by atoms with E-state index in [0.29, 0.717) is 13.0 Å². The van der Waals surface area contributed by atoms with Crippen LogP contribution >= 0.6 is 11.8 Å². The molecule has 1 amide bonds. The molecular formula is C15H20N4OS. The third-order valence-corrected chi connectivity index (χ3v) is 3.74. The topological polar surface area (TPSA) is 72.9 Å². The van der Waals surface area contributed by atoms with Crippen LogP contribution in [0, 0.1) is 0 Å². The van der Waals surface area contributed by atoms with Gasteiger partial charge in [-0.3, -0.25) is 9.48 Å². The van der Waals surface area contributed by atoms with Gasteiger partial charge >= 0.3 is 0 Å². The summed E-state index contributed by atoms with van der Waals surface area (Å²) in [5.41, 5.74) is 7.73. The average Bonchev–Trinajstić information content (AvgIpc) is 2.99. The van der Waals surface area contributed by atoms with Gasteiger partial charge in [-0.05, 0) is 42.2 Å². The number of nitrogens with two attached hydrogens (primary N) is 1. The molecule has 0 aliphatic carbocycles. The Morgan fingerprint density at radius 1 is 1.43 bits per heavy atom. The molecule has 0 unspecified atom stereocenters. The quantitative estimate of drug-likeness (QED) is 0.820. The number of anilines is 1. The molecule has 0 fully saturated rings. The Labute approximate surface area is 128 Å². The Morgan fingerprint density at radius 3 is 2.81 bits per heavy atom. The zero-order chi connectivity index (χ0) is 15.1. The Balaban J connectivity index is 1.88. The highest BCUT2D eigenvalue weighted by Gasteiger charge is 2.12. The molecule has 3 N–H and O–H groups in total.